The van der Waals surface area contributed by atoms with E-state index in [-0.39, 0.29) is 6.04 Å². The van der Waals surface area contributed by atoms with E-state index in [0.29, 0.717) is 10.8 Å². The number of hydrazine groups is 1. The SMILES string of the molecule is COc1cc(C(NN)c2ccco2)ccc1Cl. The number of halogens is 1. The van der Waals surface area contributed by atoms with Crippen molar-refractivity contribution in [2.45, 2.75) is 6.04 Å². The molecule has 0 fully saturated rings. The van der Waals surface area contributed by atoms with E-state index in [1.165, 1.54) is 0 Å². The lowest BCUT2D eigenvalue weighted by Crippen LogP contribution is -2.28. The molecule has 1 aromatic heterocycles. The van der Waals surface area contributed by atoms with E-state index in [2.05, 4.69) is 5.43 Å². The molecular weight excluding hydrogens is 240 g/mol. The van der Waals surface area contributed by atoms with Gasteiger partial charge in [0.1, 0.15) is 17.6 Å². The van der Waals surface area contributed by atoms with Gasteiger partial charge in [0.05, 0.1) is 18.4 Å². The average molecular weight is 253 g/mol. The number of methoxy groups -OCH3 is 1. The first-order valence-electron chi connectivity index (χ1n) is 5.09. The molecule has 0 radical (unpaired) electrons. The van der Waals surface area contributed by atoms with Gasteiger partial charge in [0.25, 0.3) is 0 Å². The van der Waals surface area contributed by atoms with Crippen LogP contribution in [0.2, 0.25) is 5.02 Å². The van der Waals surface area contributed by atoms with Gasteiger partial charge < -0.3 is 9.15 Å². The Kier molecular flexibility index (Phi) is 3.68. The topological polar surface area (TPSA) is 60.4 Å². The molecular formula is C12H13ClN2O2. The second kappa shape index (κ2) is 5.23. The van der Waals surface area contributed by atoms with Crippen molar-refractivity contribution in [3.05, 3.63) is 52.9 Å². The van der Waals surface area contributed by atoms with E-state index in [1.54, 1.807) is 19.4 Å². The summed E-state index contributed by atoms with van der Waals surface area (Å²) >= 11 is 5.97. The molecule has 0 bridgehead atoms. The standard InChI is InChI=1S/C12H13ClN2O2/c1-16-11-7-8(4-5-9(11)13)12(15-14)10-3-2-6-17-10/h2-7,12,15H,14H2,1H3. The van der Waals surface area contributed by atoms with E-state index in [4.69, 9.17) is 26.6 Å². The summed E-state index contributed by atoms with van der Waals surface area (Å²) in [6.45, 7) is 0. The zero-order valence-electron chi connectivity index (χ0n) is 9.31. The van der Waals surface area contributed by atoms with Crippen LogP contribution in [-0.4, -0.2) is 7.11 Å². The molecule has 0 spiro atoms. The number of furan rings is 1. The van der Waals surface area contributed by atoms with Gasteiger partial charge >= 0.3 is 0 Å². The summed E-state index contributed by atoms with van der Waals surface area (Å²) in [6.07, 6.45) is 1.60. The van der Waals surface area contributed by atoms with Gasteiger partial charge in [0, 0.05) is 0 Å². The van der Waals surface area contributed by atoms with Crippen molar-refractivity contribution in [1.29, 1.82) is 0 Å². The highest BCUT2D eigenvalue weighted by atomic mass is 35.5. The molecule has 90 valence electrons. The molecule has 0 aliphatic heterocycles. The summed E-state index contributed by atoms with van der Waals surface area (Å²) in [7, 11) is 1.57. The molecule has 0 amide bonds. The first-order chi connectivity index (χ1) is 8.26. The van der Waals surface area contributed by atoms with Gasteiger partial charge in [-0.15, -0.1) is 0 Å². The Morgan fingerprint density at radius 2 is 2.24 bits per heavy atom. The summed E-state index contributed by atoms with van der Waals surface area (Å²) in [6, 6.07) is 8.91. The average Bonchev–Trinajstić information content (AvgIpc) is 2.86. The van der Waals surface area contributed by atoms with E-state index < -0.39 is 0 Å². The minimum Gasteiger partial charge on any atom is -0.495 e. The summed E-state index contributed by atoms with van der Waals surface area (Å²) in [5, 5.41) is 0.562. The van der Waals surface area contributed by atoms with Crippen molar-refractivity contribution in [1.82, 2.24) is 5.43 Å². The third-order valence-corrected chi connectivity index (χ3v) is 2.82. The largest absolute Gasteiger partial charge is 0.495 e. The number of hydrogen-bond acceptors (Lipinski definition) is 4. The first kappa shape index (κ1) is 12.0. The second-order valence-corrected chi connectivity index (χ2v) is 3.92. The molecule has 1 atom stereocenters. The van der Waals surface area contributed by atoms with Crippen LogP contribution < -0.4 is 16.0 Å². The number of benzene rings is 1. The van der Waals surface area contributed by atoms with Gasteiger partial charge in [-0.2, -0.15) is 0 Å². The van der Waals surface area contributed by atoms with Crippen molar-refractivity contribution < 1.29 is 9.15 Å². The first-order valence-corrected chi connectivity index (χ1v) is 5.47. The molecule has 0 saturated heterocycles. The Labute approximate surface area is 104 Å². The summed E-state index contributed by atoms with van der Waals surface area (Å²) < 4.78 is 10.5. The van der Waals surface area contributed by atoms with Crippen LogP contribution >= 0.6 is 11.6 Å². The van der Waals surface area contributed by atoms with Crippen LogP contribution in [0.25, 0.3) is 0 Å². The lowest BCUT2D eigenvalue weighted by molar-refractivity contribution is 0.412. The van der Waals surface area contributed by atoms with Crippen LogP contribution in [0.4, 0.5) is 0 Å². The van der Waals surface area contributed by atoms with E-state index in [1.807, 2.05) is 24.3 Å². The van der Waals surface area contributed by atoms with Crippen LogP contribution in [-0.2, 0) is 0 Å². The fourth-order valence-corrected chi connectivity index (χ4v) is 1.85. The molecule has 1 heterocycles. The number of nitrogens with two attached hydrogens (primary N) is 1. The normalized spacial score (nSPS) is 12.4. The number of rotatable bonds is 4. The molecule has 0 aliphatic carbocycles. The molecule has 1 unspecified atom stereocenters. The van der Waals surface area contributed by atoms with Gasteiger partial charge in [-0.3, -0.25) is 5.84 Å². The molecule has 17 heavy (non-hydrogen) atoms. The maximum absolute atomic E-state index is 5.97. The third kappa shape index (κ3) is 2.44. The van der Waals surface area contributed by atoms with Crippen molar-refractivity contribution in [3.8, 4) is 5.75 Å². The maximum Gasteiger partial charge on any atom is 0.137 e. The Morgan fingerprint density at radius 1 is 1.41 bits per heavy atom. The quantitative estimate of drug-likeness (QED) is 0.648. The third-order valence-electron chi connectivity index (χ3n) is 2.50. The van der Waals surface area contributed by atoms with Gasteiger partial charge in [-0.05, 0) is 29.8 Å². The van der Waals surface area contributed by atoms with Crippen LogP contribution in [0, 0.1) is 0 Å². The molecule has 2 aromatic rings. The van der Waals surface area contributed by atoms with Gasteiger partial charge in [-0.1, -0.05) is 17.7 Å². The Bertz CT molecular complexity index is 485. The van der Waals surface area contributed by atoms with E-state index >= 15 is 0 Å². The van der Waals surface area contributed by atoms with Gasteiger partial charge in [-0.25, -0.2) is 5.43 Å². The number of nitrogens with one attached hydrogen (secondary N) is 1. The Hall–Kier alpha value is -1.49. The number of ether oxygens (including phenoxy) is 1. The molecule has 4 nitrogen and oxygen atoms in total. The summed E-state index contributed by atoms with van der Waals surface area (Å²) in [5.74, 6) is 6.88. The lowest BCUT2D eigenvalue weighted by atomic mass is 10.1. The molecule has 0 aliphatic rings. The molecule has 1 aromatic carbocycles. The van der Waals surface area contributed by atoms with E-state index in [0.717, 1.165) is 11.3 Å². The van der Waals surface area contributed by atoms with Crippen molar-refractivity contribution in [2.75, 3.05) is 7.11 Å². The molecule has 3 N–H and O–H groups in total. The predicted molar refractivity (Wildman–Crippen MR) is 65.9 cm³/mol. The van der Waals surface area contributed by atoms with Crippen LogP contribution in [0.3, 0.4) is 0 Å². The second-order valence-electron chi connectivity index (χ2n) is 3.51. The zero-order chi connectivity index (χ0) is 12.3. The summed E-state index contributed by atoms with van der Waals surface area (Å²) in [5.41, 5.74) is 3.62. The molecule has 0 saturated carbocycles. The van der Waals surface area contributed by atoms with Crippen LogP contribution in [0.1, 0.15) is 17.4 Å². The fourth-order valence-electron chi connectivity index (χ4n) is 1.65. The molecule has 5 heteroatoms. The Balaban J connectivity index is 2.38. The Morgan fingerprint density at radius 3 is 2.82 bits per heavy atom. The highest BCUT2D eigenvalue weighted by Gasteiger charge is 2.16. The van der Waals surface area contributed by atoms with Gasteiger partial charge in [0.15, 0.2) is 0 Å². The van der Waals surface area contributed by atoms with Gasteiger partial charge in [0.2, 0.25) is 0 Å². The monoisotopic (exact) mass is 252 g/mol. The highest BCUT2D eigenvalue weighted by Crippen LogP contribution is 2.30. The molecule has 2 rings (SSSR count). The minimum atomic E-state index is -0.226. The number of hydrogen-bond donors (Lipinski definition) is 2. The lowest BCUT2D eigenvalue weighted by Gasteiger charge is -2.15. The zero-order valence-corrected chi connectivity index (χ0v) is 10.1. The maximum atomic E-state index is 5.97. The summed E-state index contributed by atoms with van der Waals surface area (Å²) in [4.78, 5) is 0. The minimum absolute atomic E-state index is 0.226. The highest BCUT2D eigenvalue weighted by molar-refractivity contribution is 6.32. The van der Waals surface area contributed by atoms with Crippen LogP contribution in [0.15, 0.2) is 41.0 Å². The predicted octanol–water partition coefficient (Wildman–Crippen LogP) is 2.49. The fraction of sp³-hybridized carbons (Fsp3) is 0.167. The van der Waals surface area contributed by atoms with Crippen molar-refractivity contribution in [3.63, 3.8) is 0 Å². The van der Waals surface area contributed by atoms with Crippen LogP contribution in [0.5, 0.6) is 5.75 Å². The van der Waals surface area contributed by atoms with E-state index in [9.17, 15) is 0 Å². The van der Waals surface area contributed by atoms with Crippen molar-refractivity contribution >= 4 is 11.6 Å². The smallest absolute Gasteiger partial charge is 0.137 e. The van der Waals surface area contributed by atoms with Crippen molar-refractivity contribution in [2.24, 2.45) is 5.84 Å².